The highest BCUT2D eigenvalue weighted by molar-refractivity contribution is 7.17. The fourth-order valence-corrected chi connectivity index (χ4v) is 2.88. The fourth-order valence-electron chi connectivity index (χ4n) is 1.82. The Hall–Kier alpha value is -1.43. The van der Waals surface area contributed by atoms with E-state index in [1.807, 2.05) is 36.2 Å². The van der Waals surface area contributed by atoms with E-state index in [-0.39, 0.29) is 0 Å². The van der Waals surface area contributed by atoms with E-state index in [1.165, 1.54) is 11.3 Å². The number of rotatable bonds is 6. The van der Waals surface area contributed by atoms with Gasteiger partial charge in [0, 0.05) is 25.7 Å². The van der Waals surface area contributed by atoms with Crippen LogP contribution < -0.4 is 4.90 Å². The standard InChI is InChI=1S/C14H15ClN2O2S/c1-17(7-10-4-3-5-11(15)6-10)14-16-12(9-19-2)13(8-18)20-14/h3-6,8H,7,9H2,1-2H3. The Labute approximate surface area is 127 Å². The maximum Gasteiger partial charge on any atom is 0.186 e. The van der Waals surface area contributed by atoms with E-state index >= 15 is 0 Å². The number of aldehydes is 1. The molecule has 0 aliphatic rings. The van der Waals surface area contributed by atoms with Crippen LogP contribution in [-0.2, 0) is 17.9 Å². The molecule has 4 nitrogen and oxygen atoms in total. The minimum Gasteiger partial charge on any atom is -0.378 e. The number of carbonyl (C=O) groups excluding carboxylic acids is 1. The van der Waals surface area contributed by atoms with Crippen molar-refractivity contribution in [3.8, 4) is 0 Å². The number of nitrogens with zero attached hydrogens (tertiary/aromatic N) is 2. The average molecular weight is 311 g/mol. The van der Waals surface area contributed by atoms with Crippen molar-refractivity contribution in [1.82, 2.24) is 4.98 Å². The van der Waals surface area contributed by atoms with Crippen molar-refractivity contribution < 1.29 is 9.53 Å². The lowest BCUT2D eigenvalue weighted by Gasteiger charge is -2.15. The van der Waals surface area contributed by atoms with Gasteiger partial charge in [-0.1, -0.05) is 35.1 Å². The molecule has 0 saturated carbocycles. The number of methoxy groups -OCH3 is 1. The van der Waals surface area contributed by atoms with Crippen molar-refractivity contribution >= 4 is 34.4 Å². The molecule has 2 aromatic rings. The van der Waals surface area contributed by atoms with Gasteiger partial charge in [0.15, 0.2) is 11.4 Å². The highest BCUT2D eigenvalue weighted by Crippen LogP contribution is 2.26. The molecule has 0 bridgehead atoms. The van der Waals surface area contributed by atoms with Crippen molar-refractivity contribution in [1.29, 1.82) is 0 Å². The second-order valence-corrected chi connectivity index (χ2v) is 5.79. The van der Waals surface area contributed by atoms with E-state index in [4.69, 9.17) is 16.3 Å². The number of halogens is 1. The monoisotopic (exact) mass is 310 g/mol. The first-order valence-corrected chi connectivity index (χ1v) is 7.23. The fraction of sp³-hybridized carbons (Fsp3) is 0.286. The third-order valence-corrected chi connectivity index (χ3v) is 4.11. The zero-order chi connectivity index (χ0) is 14.5. The van der Waals surface area contributed by atoms with Crippen LogP contribution in [0.15, 0.2) is 24.3 Å². The summed E-state index contributed by atoms with van der Waals surface area (Å²) in [6.45, 7) is 1.02. The first-order chi connectivity index (χ1) is 9.63. The van der Waals surface area contributed by atoms with E-state index in [0.717, 1.165) is 17.0 Å². The molecule has 2 rings (SSSR count). The number of hydrogen-bond acceptors (Lipinski definition) is 5. The third kappa shape index (κ3) is 3.56. The lowest BCUT2D eigenvalue weighted by Crippen LogP contribution is -2.16. The predicted molar refractivity (Wildman–Crippen MR) is 81.8 cm³/mol. The summed E-state index contributed by atoms with van der Waals surface area (Å²) in [5.41, 5.74) is 1.77. The summed E-state index contributed by atoms with van der Waals surface area (Å²) in [4.78, 5) is 18.1. The Morgan fingerprint density at radius 3 is 2.95 bits per heavy atom. The number of anilines is 1. The third-order valence-electron chi connectivity index (χ3n) is 2.74. The minimum absolute atomic E-state index is 0.343. The molecule has 0 amide bonds. The van der Waals surface area contributed by atoms with Gasteiger partial charge in [-0.25, -0.2) is 4.98 Å². The minimum atomic E-state index is 0.343. The Morgan fingerprint density at radius 1 is 1.50 bits per heavy atom. The molecule has 0 spiro atoms. The van der Waals surface area contributed by atoms with Crippen LogP contribution >= 0.6 is 22.9 Å². The summed E-state index contributed by atoms with van der Waals surface area (Å²) in [5, 5.41) is 1.50. The van der Waals surface area contributed by atoms with Crippen LogP contribution in [0.2, 0.25) is 5.02 Å². The van der Waals surface area contributed by atoms with Crippen LogP contribution in [0.3, 0.4) is 0 Å². The number of hydrogen-bond donors (Lipinski definition) is 0. The molecule has 0 atom stereocenters. The van der Waals surface area contributed by atoms with E-state index in [1.54, 1.807) is 7.11 Å². The summed E-state index contributed by atoms with van der Waals surface area (Å²) >= 11 is 7.34. The van der Waals surface area contributed by atoms with Crippen molar-refractivity contribution in [3.63, 3.8) is 0 Å². The van der Waals surface area contributed by atoms with Gasteiger partial charge in [-0.05, 0) is 17.7 Å². The molecular formula is C14H15ClN2O2S. The molecule has 0 saturated heterocycles. The molecule has 1 aromatic heterocycles. The van der Waals surface area contributed by atoms with Gasteiger partial charge in [0.25, 0.3) is 0 Å². The van der Waals surface area contributed by atoms with Crippen molar-refractivity contribution in [2.75, 3.05) is 19.1 Å². The van der Waals surface area contributed by atoms with Crippen LogP contribution in [0, 0.1) is 0 Å². The first-order valence-electron chi connectivity index (χ1n) is 6.03. The van der Waals surface area contributed by atoms with Crippen molar-refractivity contribution in [3.05, 3.63) is 45.4 Å². The molecular weight excluding hydrogens is 296 g/mol. The largest absolute Gasteiger partial charge is 0.378 e. The summed E-state index contributed by atoms with van der Waals surface area (Å²) in [6, 6.07) is 7.69. The summed E-state index contributed by atoms with van der Waals surface area (Å²) < 4.78 is 5.05. The highest BCUT2D eigenvalue weighted by atomic mass is 35.5. The molecule has 20 heavy (non-hydrogen) atoms. The Morgan fingerprint density at radius 2 is 2.30 bits per heavy atom. The van der Waals surface area contributed by atoms with E-state index in [0.29, 0.717) is 28.7 Å². The molecule has 0 fully saturated rings. The maximum atomic E-state index is 11.0. The van der Waals surface area contributed by atoms with Crippen LogP contribution in [0.1, 0.15) is 20.9 Å². The van der Waals surface area contributed by atoms with Crippen molar-refractivity contribution in [2.45, 2.75) is 13.2 Å². The van der Waals surface area contributed by atoms with Gasteiger partial charge in [0.1, 0.15) is 0 Å². The Kier molecular flexibility index (Phi) is 5.11. The van der Waals surface area contributed by atoms with Gasteiger partial charge >= 0.3 is 0 Å². The van der Waals surface area contributed by atoms with Crippen molar-refractivity contribution in [2.24, 2.45) is 0 Å². The predicted octanol–water partition coefficient (Wildman–Crippen LogP) is 3.39. The normalized spacial score (nSPS) is 10.6. The quantitative estimate of drug-likeness (QED) is 0.767. The zero-order valence-corrected chi connectivity index (χ0v) is 12.9. The molecule has 1 heterocycles. The highest BCUT2D eigenvalue weighted by Gasteiger charge is 2.13. The molecule has 1 aromatic carbocycles. The zero-order valence-electron chi connectivity index (χ0n) is 11.3. The average Bonchev–Trinajstić information content (AvgIpc) is 2.82. The summed E-state index contributed by atoms with van der Waals surface area (Å²) in [7, 11) is 3.52. The topological polar surface area (TPSA) is 42.4 Å². The van der Waals surface area contributed by atoms with Crippen LogP contribution in [-0.4, -0.2) is 25.4 Å². The van der Waals surface area contributed by atoms with Crippen LogP contribution in [0.25, 0.3) is 0 Å². The second kappa shape index (κ2) is 6.83. The molecule has 0 N–H and O–H groups in total. The Bertz CT molecular complexity index is 601. The molecule has 0 unspecified atom stereocenters. The van der Waals surface area contributed by atoms with Gasteiger partial charge in [-0.2, -0.15) is 0 Å². The molecule has 0 radical (unpaired) electrons. The molecule has 0 aliphatic heterocycles. The molecule has 6 heteroatoms. The summed E-state index contributed by atoms with van der Waals surface area (Å²) in [5.74, 6) is 0. The van der Waals surface area contributed by atoms with Gasteiger partial charge < -0.3 is 9.64 Å². The lowest BCUT2D eigenvalue weighted by atomic mass is 10.2. The smallest absolute Gasteiger partial charge is 0.186 e. The SMILES string of the molecule is COCc1nc(N(C)Cc2cccc(Cl)c2)sc1C=O. The number of aromatic nitrogens is 1. The van der Waals surface area contributed by atoms with Gasteiger partial charge in [0.05, 0.1) is 17.2 Å². The van der Waals surface area contributed by atoms with Crippen LogP contribution in [0.5, 0.6) is 0 Å². The van der Waals surface area contributed by atoms with Gasteiger partial charge in [0.2, 0.25) is 0 Å². The van der Waals surface area contributed by atoms with Gasteiger partial charge in [-0.15, -0.1) is 0 Å². The molecule has 0 aliphatic carbocycles. The number of carbonyl (C=O) groups is 1. The lowest BCUT2D eigenvalue weighted by molar-refractivity contribution is 0.112. The van der Waals surface area contributed by atoms with Gasteiger partial charge in [-0.3, -0.25) is 4.79 Å². The van der Waals surface area contributed by atoms with Crippen LogP contribution in [0.4, 0.5) is 5.13 Å². The van der Waals surface area contributed by atoms with E-state index in [2.05, 4.69) is 4.98 Å². The first kappa shape index (κ1) is 15.0. The van der Waals surface area contributed by atoms with E-state index < -0.39 is 0 Å². The molecule has 106 valence electrons. The number of ether oxygens (including phenoxy) is 1. The number of benzene rings is 1. The van der Waals surface area contributed by atoms with E-state index in [9.17, 15) is 4.79 Å². The Balaban J connectivity index is 2.16. The second-order valence-electron chi connectivity index (χ2n) is 4.34. The number of thiazole rings is 1. The maximum absolute atomic E-state index is 11.0. The summed E-state index contributed by atoms with van der Waals surface area (Å²) in [6.07, 6.45) is 0.822.